The molecule has 2 rings (SSSR count). The lowest BCUT2D eigenvalue weighted by Crippen LogP contribution is -2.27. The van der Waals surface area contributed by atoms with Crippen LogP contribution in [-0.4, -0.2) is 6.54 Å². The summed E-state index contributed by atoms with van der Waals surface area (Å²) in [5.41, 5.74) is 4.72. The molecule has 1 aliphatic rings. The van der Waals surface area contributed by atoms with Crippen molar-refractivity contribution >= 4 is 0 Å². The first kappa shape index (κ1) is 15.3. The highest BCUT2D eigenvalue weighted by molar-refractivity contribution is 5.39. The van der Waals surface area contributed by atoms with E-state index in [4.69, 9.17) is 0 Å². The molecule has 0 heterocycles. The molecule has 0 saturated heterocycles. The molecule has 0 radical (unpaired) electrons. The highest BCUT2D eigenvalue weighted by Crippen LogP contribution is 2.35. The number of likely N-dealkylation sites (N-methyl/N-ethyl adjacent to an activating group) is 1. The molecule has 0 saturated carbocycles. The van der Waals surface area contributed by atoms with Gasteiger partial charge in [0.2, 0.25) is 0 Å². The molecule has 1 unspecified atom stereocenters. The molecule has 110 valence electrons. The molecule has 1 aliphatic carbocycles. The summed E-state index contributed by atoms with van der Waals surface area (Å²) in [5.74, 6) is 0. The second-order valence-corrected chi connectivity index (χ2v) is 6.85. The molecule has 1 heteroatoms. The molecule has 0 amide bonds. The van der Waals surface area contributed by atoms with E-state index in [-0.39, 0.29) is 5.41 Å². The highest BCUT2D eigenvalue weighted by atomic mass is 14.9. The number of rotatable bonds is 4. The van der Waals surface area contributed by atoms with Gasteiger partial charge in [0, 0.05) is 0 Å². The van der Waals surface area contributed by atoms with Crippen molar-refractivity contribution < 1.29 is 0 Å². The van der Waals surface area contributed by atoms with E-state index in [1.165, 1.54) is 36.8 Å². The molecule has 0 bridgehead atoms. The topological polar surface area (TPSA) is 12.0 Å². The molecule has 0 aliphatic heterocycles. The van der Waals surface area contributed by atoms with Crippen molar-refractivity contribution in [2.45, 2.75) is 64.8 Å². The van der Waals surface area contributed by atoms with Crippen molar-refractivity contribution in [1.82, 2.24) is 5.32 Å². The maximum atomic E-state index is 3.71. The van der Waals surface area contributed by atoms with Crippen LogP contribution in [0.2, 0.25) is 0 Å². The van der Waals surface area contributed by atoms with Crippen LogP contribution in [0, 0.1) is 0 Å². The quantitative estimate of drug-likeness (QED) is 0.748. The Morgan fingerprint density at radius 2 is 1.90 bits per heavy atom. The van der Waals surface area contributed by atoms with Crippen LogP contribution >= 0.6 is 0 Å². The van der Waals surface area contributed by atoms with Crippen LogP contribution in [0.1, 0.15) is 70.5 Å². The zero-order valence-corrected chi connectivity index (χ0v) is 13.5. The van der Waals surface area contributed by atoms with Gasteiger partial charge in [-0.1, -0.05) is 63.6 Å². The summed E-state index contributed by atoms with van der Waals surface area (Å²) in [5, 5.41) is 3.71. The Kier molecular flexibility index (Phi) is 5.04. The first-order chi connectivity index (χ1) is 9.54. The van der Waals surface area contributed by atoms with Crippen LogP contribution in [0.4, 0.5) is 0 Å². The molecule has 1 aromatic rings. The van der Waals surface area contributed by atoms with E-state index in [1.807, 2.05) is 0 Å². The molecular weight excluding hydrogens is 242 g/mol. The fourth-order valence-electron chi connectivity index (χ4n) is 3.20. The summed E-state index contributed by atoms with van der Waals surface area (Å²) < 4.78 is 0. The largest absolute Gasteiger partial charge is 0.307 e. The van der Waals surface area contributed by atoms with E-state index in [1.54, 1.807) is 5.57 Å². The van der Waals surface area contributed by atoms with Gasteiger partial charge in [0.05, 0.1) is 6.04 Å². The normalized spacial score (nSPS) is 17.7. The molecule has 1 nitrogen and oxygen atoms in total. The SMILES string of the molecule is CCNC(C1=CCCCC1)c1ccccc1C(C)(C)C. The fourth-order valence-corrected chi connectivity index (χ4v) is 3.20. The van der Waals surface area contributed by atoms with Crippen molar-refractivity contribution in [3.8, 4) is 0 Å². The van der Waals surface area contributed by atoms with Gasteiger partial charge in [-0.05, 0) is 48.8 Å². The fraction of sp³-hybridized carbons (Fsp3) is 0.579. The minimum absolute atomic E-state index is 0.194. The average molecular weight is 271 g/mol. The average Bonchev–Trinajstić information content (AvgIpc) is 2.45. The number of benzene rings is 1. The van der Waals surface area contributed by atoms with Gasteiger partial charge in [0.1, 0.15) is 0 Å². The molecule has 0 fully saturated rings. The Morgan fingerprint density at radius 3 is 2.50 bits per heavy atom. The van der Waals surface area contributed by atoms with Crippen molar-refractivity contribution in [3.63, 3.8) is 0 Å². The van der Waals surface area contributed by atoms with Gasteiger partial charge in [0.25, 0.3) is 0 Å². The van der Waals surface area contributed by atoms with Crippen LogP contribution in [0.15, 0.2) is 35.9 Å². The smallest absolute Gasteiger partial charge is 0.0538 e. The molecular formula is C19H29N. The van der Waals surface area contributed by atoms with Crippen LogP contribution in [0.5, 0.6) is 0 Å². The summed E-state index contributed by atoms with van der Waals surface area (Å²) in [6, 6.07) is 9.35. The molecule has 0 spiro atoms. The summed E-state index contributed by atoms with van der Waals surface area (Å²) in [7, 11) is 0. The minimum Gasteiger partial charge on any atom is -0.307 e. The predicted molar refractivity (Wildman–Crippen MR) is 88.1 cm³/mol. The summed E-state index contributed by atoms with van der Waals surface area (Å²) in [6.45, 7) is 10.1. The van der Waals surface area contributed by atoms with E-state index in [9.17, 15) is 0 Å². The first-order valence-electron chi connectivity index (χ1n) is 8.05. The predicted octanol–water partition coefficient (Wildman–Crippen LogP) is 5.14. The Bertz CT molecular complexity index is 465. The van der Waals surface area contributed by atoms with Gasteiger partial charge in [-0.3, -0.25) is 0 Å². The Hall–Kier alpha value is -1.08. The molecule has 0 aromatic heterocycles. The lowest BCUT2D eigenvalue weighted by atomic mass is 9.79. The van der Waals surface area contributed by atoms with E-state index in [0.717, 1.165) is 6.54 Å². The molecule has 1 aromatic carbocycles. The lowest BCUT2D eigenvalue weighted by Gasteiger charge is -2.30. The standard InChI is InChI=1S/C19H29N/c1-5-20-18(15-11-7-6-8-12-15)16-13-9-10-14-17(16)19(2,3)4/h9-11,13-14,18,20H,5-8,12H2,1-4H3. The van der Waals surface area contributed by atoms with E-state index in [2.05, 4.69) is 63.4 Å². The number of nitrogens with one attached hydrogen (secondary N) is 1. The monoisotopic (exact) mass is 271 g/mol. The highest BCUT2D eigenvalue weighted by Gasteiger charge is 2.24. The third-order valence-corrected chi connectivity index (χ3v) is 4.18. The van der Waals surface area contributed by atoms with Crippen LogP contribution in [0.25, 0.3) is 0 Å². The maximum absolute atomic E-state index is 3.71. The van der Waals surface area contributed by atoms with Gasteiger partial charge >= 0.3 is 0 Å². The van der Waals surface area contributed by atoms with E-state index in [0.29, 0.717) is 6.04 Å². The summed E-state index contributed by atoms with van der Waals surface area (Å²) in [4.78, 5) is 0. The van der Waals surface area contributed by atoms with Gasteiger partial charge in [-0.2, -0.15) is 0 Å². The van der Waals surface area contributed by atoms with E-state index < -0.39 is 0 Å². The van der Waals surface area contributed by atoms with Gasteiger partial charge in [0.15, 0.2) is 0 Å². The van der Waals surface area contributed by atoms with Crippen molar-refractivity contribution in [2.75, 3.05) is 6.54 Å². The Labute approximate surface area is 124 Å². The maximum Gasteiger partial charge on any atom is 0.0538 e. The summed E-state index contributed by atoms with van der Waals surface area (Å²) >= 11 is 0. The van der Waals surface area contributed by atoms with Gasteiger partial charge in [-0.15, -0.1) is 0 Å². The van der Waals surface area contributed by atoms with E-state index >= 15 is 0 Å². The Morgan fingerprint density at radius 1 is 1.15 bits per heavy atom. The second kappa shape index (κ2) is 6.58. The van der Waals surface area contributed by atoms with Crippen LogP contribution in [-0.2, 0) is 5.41 Å². The van der Waals surface area contributed by atoms with Crippen LogP contribution in [0.3, 0.4) is 0 Å². The lowest BCUT2D eigenvalue weighted by molar-refractivity contribution is 0.532. The molecule has 20 heavy (non-hydrogen) atoms. The van der Waals surface area contributed by atoms with Gasteiger partial charge in [-0.25, -0.2) is 0 Å². The van der Waals surface area contributed by atoms with Crippen molar-refractivity contribution in [2.24, 2.45) is 0 Å². The summed E-state index contributed by atoms with van der Waals surface area (Å²) in [6.07, 6.45) is 7.65. The third-order valence-electron chi connectivity index (χ3n) is 4.18. The zero-order valence-electron chi connectivity index (χ0n) is 13.5. The Balaban J connectivity index is 2.41. The number of hydrogen-bond acceptors (Lipinski definition) is 1. The van der Waals surface area contributed by atoms with Crippen molar-refractivity contribution in [1.29, 1.82) is 0 Å². The molecule has 1 N–H and O–H groups in total. The third kappa shape index (κ3) is 3.52. The zero-order chi connectivity index (χ0) is 14.6. The van der Waals surface area contributed by atoms with Gasteiger partial charge < -0.3 is 5.32 Å². The number of hydrogen-bond donors (Lipinski definition) is 1. The number of allylic oxidation sites excluding steroid dienone is 1. The first-order valence-corrected chi connectivity index (χ1v) is 8.05. The second-order valence-electron chi connectivity index (χ2n) is 6.85. The molecule has 1 atom stereocenters. The minimum atomic E-state index is 0.194. The van der Waals surface area contributed by atoms with Crippen LogP contribution < -0.4 is 5.32 Å². The van der Waals surface area contributed by atoms with Crippen molar-refractivity contribution in [3.05, 3.63) is 47.0 Å².